The molecular formula is C15H32N2O. The summed E-state index contributed by atoms with van der Waals surface area (Å²) in [4.78, 5) is 2.54. The lowest BCUT2D eigenvalue weighted by Crippen LogP contribution is -2.49. The SMILES string of the molecule is CCCN(CC)CC1C(NC)C(C)(C)OC1(C)C. The maximum Gasteiger partial charge on any atom is 0.0790 e. The predicted octanol–water partition coefficient (Wildman–Crippen LogP) is 2.51. The molecule has 1 aliphatic rings. The first kappa shape index (κ1) is 15.9. The molecule has 1 N–H and O–H groups in total. The second kappa shape index (κ2) is 5.89. The second-order valence-electron chi connectivity index (χ2n) is 6.58. The molecule has 1 rings (SSSR count). The Morgan fingerprint density at radius 3 is 2.17 bits per heavy atom. The largest absolute Gasteiger partial charge is 0.368 e. The van der Waals surface area contributed by atoms with Gasteiger partial charge in [-0.2, -0.15) is 0 Å². The van der Waals surface area contributed by atoms with Gasteiger partial charge in [-0.15, -0.1) is 0 Å². The Balaban J connectivity index is 2.83. The van der Waals surface area contributed by atoms with Crippen LogP contribution in [0.15, 0.2) is 0 Å². The Morgan fingerprint density at radius 2 is 1.72 bits per heavy atom. The highest BCUT2D eigenvalue weighted by atomic mass is 16.5. The highest BCUT2D eigenvalue weighted by Crippen LogP contribution is 2.42. The van der Waals surface area contributed by atoms with E-state index in [2.05, 4.69) is 58.8 Å². The fourth-order valence-corrected chi connectivity index (χ4v) is 3.55. The van der Waals surface area contributed by atoms with Gasteiger partial charge in [-0.05, 0) is 54.3 Å². The summed E-state index contributed by atoms with van der Waals surface area (Å²) in [6.45, 7) is 16.8. The van der Waals surface area contributed by atoms with E-state index in [4.69, 9.17) is 4.74 Å². The molecule has 0 radical (unpaired) electrons. The number of nitrogens with zero attached hydrogens (tertiary/aromatic N) is 1. The Kier molecular flexibility index (Phi) is 5.22. The molecule has 108 valence electrons. The van der Waals surface area contributed by atoms with E-state index >= 15 is 0 Å². The van der Waals surface area contributed by atoms with Gasteiger partial charge in [-0.3, -0.25) is 0 Å². The zero-order valence-electron chi connectivity index (χ0n) is 13.3. The van der Waals surface area contributed by atoms with Crippen LogP contribution in [0.4, 0.5) is 0 Å². The van der Waals surface area contributed by atoms with E-state index < -0.39 is 0 Å². The number of hydrogen-bond acceptors (Lipinski definition) is 3. The van der Waals surface area contributed by atoms with Crippen molar-refractivity contribution in [2.75, 3.05) is 26.7 Å². The van der Waals surface area contributed by atoms with Crippen LogP contribution in [0.2, 0.25) is 0 Å². The third kappa shape index (κ3) is 3.25. The summed E-state index contributed by atoms with van der Waals surface area (Å²) in [6, 6.07) is 0.415. The third-order valence-corrected chi connectivity index (χ3v) is 4.32. The molecule has 1 heterocycles. The zero-order valence-corrected chi connectivity index (χ0v) is 13.3. The fraction of sp³-hybridized carbons (Fsp3) is 1.00. The van der Waals surface area contributed by atoms with E-state index in [9.17, 15) is 0 Å². The maximum absolute atomic E-state index is 6.29. The third-order valence-electron chi connectivity index (χ3n) is 4.32. The first-order valence-electron chi connectivity index (χ1n) is 7.38. The van der Waals surface area contributed by atoms with Gasteiger partial charge >= 0.3 is 0 Å². The van der Waals surface area contributed by atoms with Gasteiger partial charge in [0, 0.05) is 18.5 Å². The quantitative estimate of drug-likeness (QED) is 0.790. The van der Waals surface area contributed by atoms with Crippen molar-refractivity contribution in [3.8, 4) is 0 Å². The molecule has 2 atom stereocenters. The molecule has 18 heavy (non-hydrogen) atoms. The topological polar surface area (TPSA) is 24.5 Å². The molecule has 0 bridgehead atoms. The van der Waals surface area contributed by atoms with E-state index in [0.29, 0.717) is 12.0 Å². The van der Waals surface area contributed by atoms with E-state index in [0.717, 1.165) is 13.1 Å². The maximum atomic E-state index is 6.29. The van der Waals surface area contributed by atoms with Crippen LogP contribution in [0.25, 0.3) is 0 Å². The van der Waals surface area contributed by atoms with Crippen LogP contribution < -0.4 is 5.32 Å². The van der Waals surface area contributed by atoms with Crippen LogP contribution >= 0.6 is 0 Å². The molecule has 0 spiro atoms. The minimum absolute atomic E-state index is 0.0572. The summed E-state index contributed by atoms with van der Waals surface area (Å²) >= 11 is 0. The lowest BCUT2D eigenvalue weighted by atomic mass is 9.82. The van der Waals surface area contributed by atoms with E-state index in [1.54, 1.807) is 0 Å². The van der Waals surface area contributed by atoms with Crippen molar-refractivity contribution in [1.29, 1.82) is 0 Å². The van der Waals surface area contributed by atoms with Crippen molar-refractivity contribution in [1.82, 2.24) is 10.2 Å². The van der Waals surface area contributed by atoms with E-state index in [1.807, 2.05) is 0 Å². The molecule has 1 fully saturated rings. The summed E-state index contributed by atoms with van der Waals surface area (Å²) in [5.74, 6) is 0.531. The van der Waals surface area contributed by atoms with Crippen LogP contribution in [0.1, 0.15) is 48.0 Å². The Morgan fingerprint density at radius 1 is 1.11 bits per heavy atom. The van der Waals surface area contributed by atoms with Gasteiger partial charge in [0.05, 0.1) is 11.2 Å². The van der Waals surface area contributed by atoms with E-state index in [1.165, 1.54) is 13.0 Å². The van der Waals surface area contributed by atoms with Gasteiger partial charge in [0.15, 0.2) is 0 Å². The van der Waals surface area contributed by atoms with Gasteiger partial charge in [0.25, 0.3) is 0 Å². The molecule has 0 aliphatic carbocycles. The average Bonchev–Trinajstić information content (AvgIpc) is 2.42. The molecule has 3 nitrogen and oxygen atoms in total. The predicted molar refractivity (Wildman–Crippen MR) is 78.0 cm³/mol. The first-order valence-corrected chi connectivity index (χ1v) is 7.38. The fourth-order valence-electron chi connectivity index (χ4n) is 3.55. The van der Waals surface area contributed by atoms with Crippen LogP contribution in [-0.4, -0.2) is 48.8 Å². The lowest BCUT2D eigenvalue weighted by Gasteiger charge is -2.33. The monoisotopic (exact) mass is 256 g/mol. The van der Waals surface area contributed by atoms with E-state index in [-0.39, 0.29) is 11.2 Å². The summed E-state index contributed by atoms with van der Waals surface area (Å²) in [6.07, 6.45) is 1.22. The number of nitrogens with one attached hydrogen (secondary N) is 1. The van der Waals surface area contributed by atoms with Crippen LogP contribution in [0.3, 0.4) is 0 Å². The molecule has 1 aliphatic heterocycles. The van der Waals surface area contributed by atoms with Crippen molar-refractivity contribution < 1.29 is 4.74 Å². The number of ether oxygens (including phenoxy) is 1. The minimum Gasteiger partial charge on any atom is -0.368 e. The molecule has 0 saturated carbocycles. The van der Waals surface area contributed by atoms with Crippen LogP contribution in [0.5, 0.6) is 0 Å². The van der Waals surface area contributed by atoms with Crippen molar-refractivity contribution in [2.45, 2.75) is 65.2 Å². The minimum atomic E-state index is -0.0887. The van der Waals surface area contributed by atoms with Crippen molar-refractivity contribution in [3.05, 3.63) is 0 Å². The van der Waals surface area contributed by atoms with Crippen molar-refractivity contribution in [3.63, 3.8) is 0 Å². The highest BCUT2D eigenvalue weighted by molar-refractivity contribution is 5.05. The zero-order chi connectivity index (χ0) is 14.0. The molecule has 0 aromatic rings. The Hall–Kier alpha value is -0.120. The molecule has 1 saturated heterocycles. The van der Waals surface area contributed by atoms with Crippen LogP contribution in [-0.2, 0) is 4.74 Å². The summed E-state index contributed by atoms with van der Waals surface area (Å²) in [7, 11) is 2.06. The van der Waals surface area contributed by atoms with Crippen molar-refractivity contribution >= 4 is 0 Å². The molecule has 0 amide bonds. The normalized spacial score (nSPS) is 30.0. The van der Waals surface area contributed by atoms with Gasteiger partial charge in [-0.1, -0.05) is 13.8 Å². The average molecular weight is 256 g/mol. The first-order chi connectivity index (χ1) is 8.28. The Labute approximate surface area is 113 Å². The van der Waals surface area contributed by atoms with Gasteiger partial charge < -0.3 is 15.0 Å². The number of hydrogen-bond donors (Lipinski definition) is 1. The van der Waals surface area contributed by atoms with Gasteiger partial charge in [0.2, 0.25) is 0 Å². The highest BCUT2D eigenvalue weighted by Gasteiger charge is 2.53. The molecule has 0 aromatic carbocycles. The van der Waals surface area contributed by atoms with Crippen molar-refractivity contribution in [2.24, 2.45) is 5.92 Å². The standard InChI is InChI=1S/C15H32N2O/c1-8-10-17(9-2)11-12-13(16-7)15(5,6)18-14(12,3)4/h12-13,16H,8-11H2,1-7H3. The molecular weight excluding hydrogens is 224 g/mol. The number of likely N-dealkylation sites (N-methyl/N-ethyl adjacent to an activating group) is 1. The Bertz CT molecular complexity index is 263. The smallest absolute Gasteiger partial charge is 0.0790 e. The molecule has 0 aromatic heterocycles. The summed E-state index contributed by atoms with van der Waals surface area (Å²) in [5.41, 5.74) is -0.146. The second-order valence-corrected chi connectivity index (χ2v) is 6.58. The van der Waals surface area contributed by atoms with Gasteiger partial charge in [0.1, 0.15) is 0 Å². The van der Waals surface area contributed by atoms with Gasteiger partial charge in [-0.25, -0.2) is 0 Å². The summed E-state index contributed by atoms with van der Waals surface area (Å²) in [5, 5.41) is 3.48. The summed E-state index contributed by atoms with van der Waals surface area (Å²) < 4.78 is 6.29. The van der Waals surface area contributed by atoms with Crippen LogP contribution in [0, 0.1) is 5.92 Å². The molecule has 3 heteroatoms. The number of rotatable bonds is 6. The lowest BCUT2D eigenvalue weighted by molar-refractivity contribution is -0.0793. The molecule has 2 unspecified atom stereocenters.